The van der Waals surface area contributed by atoms with Crippen LogP contribution in [0.4, 0.5) is 37.7 Å². The molecule has 12 heteroatoms. The summed E-state index contributed by atoms with van der Waals surface area (Å²) >= 11 is 0. The standard InChI is InChI=1S/C23H21F6N5O/c1-14-17(13-31-34(14)20-8-6-16(12-30-20)23(27,28)29)21(35)32-18-11-15(22(24,25)26)5-7-19(18)33-9-3-2-4-10-33/h5-8,11-13H,2-4,9-10H2,1H3,(H,32,35). The molecular formula is C23H21F6N5O. The predicted molar refractivity (Wildman–Crippen MR) is 117 cm³/mol. The molecule has 0 unspecified atom stereocenters. The first-order valence-electron chi connectivity index (χ1n) is 10.8. The summed E-state index contributed by atoms with van der Waals surface area (Å²) in [6.45, 7) is 2.83. The average Bonchev–Trinajstić information content (AvgIpc) is 3.20. The number of nitrogens with one attached hydrogen (secondary N) is 1. The van der Waals surface area contributed by atoms with Crippen LogP contribution in [-0.4, -0.2) is 33.8 Å². The third-order valence-corrected chi connectivity index (χ3v) is 5.82. The van der Waals surface area contributed by atoms with E-state index in [2.05, 4.69) is 15.4 Å². The van der Waals surface area contributed by atoms with E-state index in [1.165, 1.54) is 23.9 Å². The van der Waals surface area contributed by atoms with E-state index in [1.54, 1.807) is 0 Å². The first-order valence-corrected chi connectivity index (χ1v) is 10.8. The van der Waals surface area contributed by atoms with Crippen LogP contribution in [0.5, 0.6) is 0 Å². The molecule has 0 spiro atoms. The van der Waals surface area contributed by atoms with Gasteiger partial charge in [-0.1, -0.05) is 0 Å². The zero-order valence-electron chi connectivity index (χ0n) is 18.5. The highest BCUT2D eigenvalue weighted by molar-refractivity contribution is 6.06. The molecule has 3 heterocycles. The molecular weight excluding hydrogens is 476 g/mol. The van der Waals surface area contributed by atoms with Crippen molar-refractivity contribution in [1.29, 1.82) is 0 Å². The maximum absolute atomic E-state index is 13.3. The fourth-order valence-corrected chi connectivity index (χ4v) is 3.96. The number of anilines is 2. The summed E-state index contributed by atoms with van der Waals surface area (Å²) in [5.41, 5.74) is -1.00. The van der Waals surface area contributed by atoms with Crippen LogP contribution in [0.3, 0.4) is 0 Å². The number of nitrogens with zero attached hydrogens (tertiary/aromatic N) is 4. The van der Waals surface area contributed by atoms with Crippen LogP contribution >= 0.6 is 0 Å². The lowest BCUT2D eigenvalue weighted by Crippen LogP contribution is -2.30. The molecule has 1 aliphatic rings. The highest BCUT2D eigenvalue weighted by Gasteiger charge is 2.33. The van der Waals surface area contributed by atoms with Gasteiger partial charge in [0.15, 0.2) is 5.82 Å². The molecule has 1 amide bonds. The summed E-state index contributed by atoms with van der Waals surface area (Å²) in [5.74, 6) is -0.638. The van der Waals surface area contributed by atoms with Gasteiger partial charge in [0, 0.05) is 19.3 Å². The van der Waals surface area contributed by atoms with E-state index in [4.69, 9.17) is 0 Å². The van der Waals surface area contributed by atoms with E-state index in [9.17, 15) is 31.1 Å². The van der Waals surface area contributed by atoms with Crippen molar-refractivity contribution in [3.05, 3.63) is 65.1 Å². The van der Waals surface area contributed by atoms with Crippen LogP contribution < -0.4 is 10.2 Å². The smallest absolute Gasteiger partial charge is 0.370 e. The zero-order chi connectivity index (χ0) is 25.4. The molecule has 0 bridgehead atoms. The number of rotatable bonds is 4. The van der Waals surface area contributed by atoms with Crippen LogP contribution in [0.2, 0.25) is 0 Å². The lowest BCUT2D eigenvalue weighted by molar-refractivity contribution is -0.138. The topological polar surface area (TPSA) is 63.1 Å². The van der Waals surface area contributed by atoms with E-state index in [-0.39, 0.29) is 22.8 Å². The van der Waals surface area contributed by atoms with Gasteiger partial charge < -0.3 is 10.2 Å². The molecule has 1 saturated heterocycles. The van der Waals surface area contributed by atoms with Gasteiger partial charge in [0.25, 0.3) is 5.91 Å². The summed E-state index contributed by atoms with van der Waals surface area (Å²) in [5, 5.41) is 6.60. The Labute approximate surface area is 196 Å². The molecule has 1 aromatic carbocycles. The van der Waals surface area contributed by atoms with Crippen molar-refractivity contribution in [3.63, 3.8) is 0 Å². The van der Waals surface area contributed by atoms with Gasteiger partial charge in [-0.3, -0.25) is 4.79 Å². The van der Waals surface area contributed by atoms with Crippen molar-refractivity contribution >= 4 is 17.3 Å². The van der Waals surface area contributed by atoms with Crippen molar-refractivity contribution < 1.29 is 31.1 Å². The van der Waals surface area contributed by atoms with Gasteiger partial charge in [-0.15, -0.1) is 0 Å². The van der Waals surface area contributed by atoms with Crippen molar-refractivity contribution in [3.8, 4) is 5.82 Å². The van der Waals surface area contributed by atoms with Crippen molar-refractivity contribution in [2.24, 2.45) is 0 Å². The highest BCUT2D eigenvalue weighted by atomic mass is 19.4. The molecule has 186 valence electrons. The molecule has 35 heavy (non-hydrogen) atoms. The third-order valence-electron chi connectivity index (χ3n) is 5.82. The van der Waals surface area contributed by atoms with Crippen LogP contribution in [0, 0.1) is 6.92 Å². The van der Waals surface area contributed by atoms with Crippen LogP contribution in [-0.2, 0) is 12.4 Å². The number of carbonyl (C=O) groups is 1. The number of carbonyl (C=O) groups excluding carboxylic acids is 1. The van der Waals surface area contributed by atoms with Crippen molar-refractivity contribution in [2.75, 3.05) is 23.3 Å². The van der Waals surface area contributed by atoms with Crippen molar-refractivity contribution in [2.45, 2.75) is 38.5 Å². The summed E-state index contributed by atoms with van der Waals surface area (Å²) in [4.78, 5) is 18.7. The fraction of sp³-hybridized carbons (Fsp3) is 0.348. The molecule has 4 rings (SSSR count). The average molecular weight is 497 g/mol. The Kier molecular flexibility index (Phi) is 6.48. The molecule has 0 radical (unpaired) electrons. The number of aromatic nitrogens is 3. The Morgan fingerprint density at radius 2 is 1.57 bits per heavy atom. The number of halogens is 6. The summed E-state index contributed by atoms with van der Waals surface area (Å²) in [6.07, 6.45) is -4.49. The summed E-state index contributed by atoms with van der Waals surface area (Å²) in [7, 11) is 0. The third kappa shape index (κ3) is 5.25. The number of hydrogen-bond donors (Lipinski definition) is 1. The second-order valence-corrected chi connectivity index (χ2v) is 8.19. The Bertz CT molecular complexity index is 1210. The quantitative estimate of drug-likeness (QED) is 0.459. The molecule has 0 aliphatic carbocycles. The van der Waals surface area contributed by atoms with Crippen molar-refractivity contribution in [1.82, 2.24) is 14.8 Å². The minimum atomic E-state index is -4.59. The SMILES string of the molecule is Cc1c(C(=O)Nc2cc(C(F)(F)F)ccc2N2CCCCC2)cnn1-c1ccc(C(F)(F)F)cn1. The van der Waals surface area contributed by atoms with E-state index in [0.717, 1.165) is 43.5 Å². The molecule has 1 N–H and O–H groups in total. The minimum absolute atomic E-state index is 0.0199. The normalized spacial score (nSPS) is 14.8. The number of alkyl halides is 6. The Balaban J connectivity index is 1.63. The number of amides is 1. The Hall–Kier alpha value is -3.57. The number of hydrogen-bond acceptors (Lipinski definition) is 4. The molecule has 2 aromatic heterocycles. The lowest BCUT2D eigenvalue weighted by atomic mass is 10.1. The lowest BCUT2D eigenvalue weighted by Gasteiger charge is -2.31. The number of pyridine rings is 1. The predicted octanol–water partition coefficient (Wildman–Crippen LogP) is 5.86. The second kappa shape index (κ2) is 9.23. The highest BCUT2D eigenvalue weighted by Crippen LogP contribution is 2.36. The van der Waals surface area contributed by atoms with Gasteiger partial charge >= 0.3 is 12.4 Å². The fourth-order valence-electron chi connectivity index (χ4n) is 3.96. The largest absolute Gasteiger partial charge is 0.417 e. The maximum atomic E-state index is 13.3. The molecule has 6 nitrogen and oxygen atoms in total. The summed E-state index contributed by atoms with van der Waals surface area (Å²) in [6, 6.07) is 5.20. The van der Waals surface area contributed by atoms with Gasteiger partial charge in [-0.2, -0.15) is 31.4 Å². The van der Waals surface area contributed by atoms with Crippen LogP contribution in [0.25, 0.3) is 5.82 Å². The molecule has 0 saturated carbocycles. The maximum Gasteiger partial charge on any atom is 0.417 e. The van der Waals surface area contributed by atoms with Crippen LogP contribution in [0.1, 0.15) is 46.4 Å². The zero-order valence-corrected chi connectivity index (χ0v) is 18.5. The van der Waals surface area contributed by atoms with Crippen LogP contribution in [0.15, 0.2) is 42.7 Å². The molecule has 3 aromatic rings. The first-order chi connectivity index (χ1) is 16.4. The van der Waals surface area contributed by atoms with Gasteiger partial charge in [-0.25, -0.2) is 9.67 Å². The van der Waals surface area contributed by atoms with Gasteiger partial charge in [-0.05, 0) is 56.5 Å². The van der Waals surface area contributed by atoms with E-state index in [0.29, 0.717) is 25.0 Å². The summed E-state index contributed by atoms with van der Waals surface area (Å²) < 4.78 is 79.6. The van der Waals surface area contributed by atoms with E-state index < -0.39 is 29.4 Å². The second-order valence-electron chi connectivity index (χ2n) is 8.19. The monoisotopic (exact) mass is 497 g/mol. The number of benzene rings is 1. The molecule has 0 atom stereocenters. The van der Waals surface area contributed by atoms with E-state index >= 15 is 0 Å². The Morgan fingerprint density at radius 1 is 0.914 bits per heavy atom. The van der Waals surface area contributed by atoms with Gasteiger partial charge in [0.1, 0.15) is 0 Å². The molecule has 1 aliphatic heterocycles. The minimum Gasteiger partial charge on any atom is -0.370 e. The van der Waals surface area contributed by atoms with Gasteiger partial charge in [0.05, 0.1) is 40.0 Å². The Morgan fingerprint density at radius 3 is 2.17 bits per heavy atom. The van der Waals surface area contributed by atoms with E-state index in [1.807, 2.05) is 4.90 Å². The first kappa shape index (κ1) is 24.6. The number of piperidine rings is 1. The molecule has 1 fully saturated rings. The van der Waals surface area contributed by atoms with Gasteiger partial charge in [0.2, 0.25) is 0 Å².